The lowest BCUT2D eigenvalue weighted by atomic mass is 10.0. The third-order valence-electron chi connectivity index (χ3n) is 6.64. The number of anilines is 1. The van der Waals surface area contributed by atoms with Crippen LogP contribution in [-0.4, -0.2) is 83.6 Å². The van der Waals surface area contributed by atoms with Crippen molar-refractivity contribution in [1.29, 1.82) is 0 Å². The highest BCUT2D eigenvalue weighted by Crippen LogP contribution is 2.40. The first-order chi connectivity index (χ1) is 19.4. The SMILES string of the molecule is COCC1CCCC(=O)N1CC(C)SN(CCSI)c1nnc(-c2ccc(C)o2)n1-c1c(OC)cccc1OC. The second-order valence-electron chi connectivity index (χ2n) is 9.46. The van der Waals surface area contributed by atoms with Crippen LogP contribution in [0.1, 0.15) is 31.9 Å². The number of carbonyl (C=O) groups excluding carboxylic acids is 1. The lowest BCUT2D eigenvalue weighted by molar-refractivity contribution is -0.137. The Balaban J connectivity index is 1.75. The summed E-state index contributed by atoms with van der Waals surface area (Å²) in [5, 5.41) is 9.35. The largest absolute Gasteiger partial charge is 0.494 e. The Hall–Kier alpha value is -2.10. The van der Waals surface area contributed by atoms with Gasteiger partial charge in [-0.25, -0.2) is 0 Å². The monoisotopic (exact) mass is 701 g/mol. The fourth-order valence-corrected chi connectivity index (χ4v) is 6.89. The summed E-state index contributed by atoms with van der Waals surface area (Å²) >= 11 is 3.96. The van der Waals surface area contributed by atoms with Crippen LogP contribution in [0.4, 0.5) is 5.95 Å². The number of hydrogen-bond acceptors (Lipinski definition) is 10. The summed E-state index contributed by atoms with van der Waals surface area (Å²) in [6.45, 7) is 5.90. The third kappa shape index (κ3) is 7.02. The van der Waals surface area contributed by atoms with E-state index in [1.54, 1.807) is 42.2 Å². The molecule has 1 aromatic carbocycles. The number of methoxy groups -OCH3 is 3. The maximum atomic E-state index is 12.9. The standard InChI is InChI=1S/C27H36IN5O5S2/c1-18-12-13-23(38-18)26-29-30-27(33(26)25-21(36-4)9-7-10-22(25)37-5)32(14-15-39-28)40-19(2)16-31-20(17-35-3)8-6-11-24(31)34/h7,9-10,12-13,19-20H,6,8,11,14-17H2,1-5H3. The first-order valence-electron chi connectivity index (χ1n) is 13.1. The Bertz CT molecular complexity index is 1250. The second kappa shape index (κ2) is 14.7. The van der Waals surface area contributed by atoms with Crippen LogP contribution in [-0.2, 0) is 9.53 Å². The number of hydrogen-bond donors (Lipinski definition) is 0. The molecule has 10 nitrogen and oxygen atoms in total. The maximum Gasteiger partial charge on any atom is 0.242 e. The minimum Gasteiger partial charge on any atom is -0.494 e. The molecule has 40 heavy (non-hydrogen) atoms. The quantitative estimate of drug-likeness (QED) is 0.152. The molecule has 3 aromatic rings. The van der Waals surface area contributed by atoms with E-state index >= 15 is 0 Å². The van der Waals surface area contributed by atoms with Crippen molar-refractivity contribution < 1.29 is 23.4 Å². The van der Waals surface area contributed by atoms with E-state index in [4.69, 9.17) is 18.6 Å². The van der Waals surface area contributed by atoms with Gasteiger partial charge in [-0.2, -0.15) is 0 Å². The van der Waals surface area contributed by atoms with Crippen LogP contribution in [0.5, 0.6) is 11.5 Å². The molecule has 0 N–H and O–H groups in total. The first kappa shape index (κ1) is 30.8. The van der Waals surface area contributed by atoms with Gasteiger partial charge in [0, 0.05) is 37.6 Å². The van der Waals surface area contributed by atoms with Crippen molar-refractivity contribution in [2.24, 2.45) is 0 Å². The number of benzene rings is 1. The molecule has 1 saturated heterocycles. The molecule has 4 rings (SSSR count). The Kier molecular flexibility index (Phi) is 11.3. The second-order valence-corrected chi connectivity index (χ2v) is 13.4. The number of aryl methyl sites for hydroxylation is 1. The van der Waals surface area contributed by atoms with Crippen LogP contribution < -0.4 is 13.8 Å². The molecule has 0 radical (unpaired) electrons. The average Bonchev–Trinajstić information content (AvgIpc) is 3.58. The van der Waals surface area contributed by atoms with Crippen LogP contribution in [0.25, 0.3) is 17.3 Å². The normalized spacial score (nSPS) is 16.3. The van der Waals surface area contributed by atoms with Gasteiger partial charge in [0.15, 0.2) is 5.76 Å². The molecule has 0 bridgehead atoms. The zero-order valence-corrected chi connectivity index (χ0v) is 27.3. The molecule has 13 heteroatoms. The number of nitrogens with zero attached hydrogens (tertiary/aromatic N) is 5. The summed E-state index contributed by atoms with van der Waals surface area (Å²) in [5.41, 5.74) is 0.684. The van der Waals surface area contributed by atoms with Crippen molar-refractivity contribution in [3.05, 3.63) is 36.1 Å². The van der Waals surface area contributed by atoms with Crippen LogP contribution in [0.15, 0.2) is 34.7 Å². The lowest BCUT2D eigenvalue weighted by Crippen LogP contribution is -2.48. The highest BCUT2D eigenvalue weighted by atomic mass is 127. The van der Waals surface area contributed by atoms with E-state index in [1.165, 1.54) is 0 Å². The van der Waals surface area contributed by atoms with Crippen molar-refractivity contribution in [2.45, 2.75) is 44.4 Å². The van der Waals surface area contributed by atoms with E-state index in [0.29, 0.717) is 60.8 Å². The number of amides is 1. The molecule has 0 spiro atoms. The van der Waals surface area contributed by atoms with Gasteiger partial charge in [-0.1, -0.05) is 15.0 Å². The molecular formula is C27H36IN5O5S2. The van der Waals surface area contributed by atoms with Gasteiger partial charge in [-0.05, 0) is 84.1 Å². The summed E-state index contributed by atoms with van der Waals surface area (Å²) in [6, 6.07) is 9.55. The summed E-state index contributed by atoms with van der Waals surface area (Å²) in [6.07, 6.45) is 2.45. The van der Waals surface area contributed by atoms with Gasteiger partial charge in [-0.15, -0.1) is 10.2 Å². The van der Waals surface area contributed by atoms with Crippen molar-refractivity contribution >= 4 is 53.9 Å². The van der Waals surface area contributed by atoms with Gasteiger partial charge in [0.2, 0.25) is 17.7 Å². The van der Waals surface area contributed by atoms with Crippen LogP contribution in [0.3, 0.4) is 0 Å². The Labute approximate surface area is 256 Å². The minimum absolute atomic E-state index is 0.0830. The number of aromatic nitrogens is 3. The fraction of sp³-hybridized carbons (Fsp3) is 0.519. The first-order valence-corrected chi connectivity index (χ1v) is 17.5. The number of likely N-dealkylation sites (tertiary alicyclic amines) is 1. The Morgan fingerprint density at radius 1 is 1.18 bits per heavy atom. The van der Waals surface area contributed by atoms with Gasteiger partial charge in [-0.3, -0.25) is 13.7 Å². The molecule has 0 saturated carbocycles. The number of para-hydroxylation sites is 1. The number of ether oxygens (including phenoxy) is 3. The molecular weight excluding hydrogens is 665 g/mol. The van der Waals surface area contributed by atoms with E-state index < -0.39 is 0 Å². The maximum absolute atomic E-state index is 12.9. The molecule has 3 heterocycles. The molecule has 218 valence electrons. The van der Waals surface area contributed by atoms with Crippen LogP contribution in [0, 0.1) is 6.92 Å². The molecule has 2 unspecified atom stereocenters. The Morgan fingerprint density at radius 2 is 1.93 bits per heavy atom. The van der Waals surface area contributed by atoms with Crippen molar-refractivity contribution in [1.82, 2.24) is 19.7 Å². The van der Waals surface area contributed by atoms with Crippen molar-refractivity contribution in [2.75, 3.05) is 51.1 Å². The number of carbonyl (C=O) groups is 1. The summed E-state index contributed by atoms with van der Waals surface area (Å²) in [7, 11) is 6.68. The predicted octanol–water partition coefficient (Wildman–Crippen LogP) is 5.81. The molecule has 0 aliphatic carbocycles. The van der Waals surface area contributed by atoms with Crippen molar-refractivity contribution in [3.8, 4) is 28.8 Å². The lowest BCUT2D eigenvalue weighted by Gasteiger charge is -2.37. The van der Waals surface area contributed by atoms with E-state index in [-0.39, 0.29) is 17.2 Å². The number of furan rings is 1. The molecule has 1 aliphatic rings. The van der Waals surface area contributed by atoms with E-state index in [2.05, 4.69) is 42.6 Å². The molecule has 1 aliphatic heterocycles. The topological polar surface area (TPSA) is 95.1 Å². The summed E-state index contributed by atoms with van der Waals surface area (Å²) < 4.78 is 27.1. The molecule has 1 amide bonds. The van der Waals surface area contributed by atoms with Gasteiger partial charge in [0.05, 0.1) is 26.9 Å². The highest BCUT2D eigenvalue weighted by Gasteiger charge is 2.32. The summed E-state index contributed by atoms with van der Waals surface area (Å²) in [5.74, 6) is 4.81. The van der Waals surface area contributed by atoms with Crippen LogP contribution in [0.2, 0.25) is 0 Å². The third-order valence-corrected chi connectivity index (χ3v) is 9.40. The Morgan fingerprint density at radius 3 is 2.55 bits per heavy atom. The smallest absolute Gasteiger partial charge is 0.242 e. The van der Waals surface area contributed by atoms with Gasteiger partial charge in [0.25, 0.3) is 0 Å². The number of piperidine rings is 1. The zero-order valence-electron chi connectivity index (χ0n) is 23.5. The molecule has 2 atom stereocenters. The number of halogens is 1. The predicted molar refractivity (Wildman–Crippen MR) is 169 cm³/mol. The van der Waals surface area contributed by atoms with Gasteiger partial charge in [0.1, 0.15) is 22.9 Å². The number of rotatable bonds is 14. The van der Waals surface area contributed by atoms with E-state index in [0.717, 1.165) is 24.4 Å². The average molecular weight is 702 g/mol. The minimum atomic E-state index is 0.0830. The summed E-state index contributed by atoms with van der Waals surface area (Å²) in [4.78, 5) is 14.9. The van der Waals surface area contributed by atoms with Gasteiger partial charge < -0.3 is 23.5 Å². The highest BCUT2D eigenvalue weighted by molar-refractivity contribution is 14.2. The van der Waals surface area contributed by atoms with Crippen molar-refractivity contribution in [3.63, 3.8) is 0 Å². The van der Waals surface area contributed by atoms with E-state index in [1.807, 2.05) is 46.7 Å². The van der Waals surface area contributed by atoms with Crippen LogP contribution >= 0.6 is 42.1 Å². The molecule has 2 aromatic heterocycles. The zero-order chi connectivity index (χ0) is 28.6. The van der Waals surface area contributed by atoms with Gasteiger partial charge >= 0.3 is 0 Å². The fourth-order valence-electron chi connectivity index (χ4n) is 4.86. The molecule has 1 fully saturated rings. The van der Waals surface area contributed by atoms with E-state index in [9.17, 15) is 4.79 Å².